The van der Waals surface area contributed by atoms with Gasteiger partial charge in [0.05, 0.1) is 18.8 Å². The van der Waals surface area contributed by atoms with Crippen molar-refractivity contribution in [1.82, 2.24) is 0 Å². The molecule has 0 aromatic heterocycles. The lowest BCUT2D eigenvalue weighted by Crippen LogP contribution is -2.21. The summed E-state index contributed by atoms with van der Waals surface area (Å²) in [4.78, 5) is 12.3. The van der Waals surface area contributed by atoms with Gasteiger partial charge in [0.2, 0.25) is 0 Å². The maximum Gasteiger partial charge on any atom is 0.159 e. The van der Waals surface area contributed by atoms with Crippen LogP contribution < -0.4 is 0 Å². The predicted molar refractivity (Wildman–Crippen MR) is 68.3 cm³/mol. The highest BCUT2D eigenvalue weighted by molar-refractivity contribution is 6.30. The quantitative estimate of drug-likeness (QED) is 0.842. The number of ketones is 1. The molecule has 0 aliphatic carbocycles. The molecule has 1 aliphatic heterocycles. The summed E-state index contributed by atoms with van der Waals surface area (Å²) >= 11 is 5.89. The third-order valence-electron chi connectivity index (χ3n) is 3.20. The minimum atomic E-state index is -0.748. The lowest BCUT2D eigenvalue weighted by molar-refractivity contribution is -0.123. The van der Waals surface area contributed by atoms with Crippen molar-refractivity contribution < 1.29 is 9.53 Å². The van der Waals surface area contributed by atoms with Crippen LogP contribution in [-0.2, 0) is 9.53 Å². The summed E-state index contributed by atoms with van der Waals surface area (Å²) in [6, 6.07) is 8.99. The van der Waals surface area contributed by atoms with Crippen LogP contribution in [0.5, 0.6) is 0 Å². The average molecular weight is 264 g/mol. The van der Waals surface area contributed by atoms with Crippen molar-refractivity contribution in [2.75, 3.05) is 6.61 Å². The number of halogens is 1. The summed E-state index contributed by atoms with van der Waals surface area (Å²) in [5, 5.41) is 9.75. The van der Waals surface area contributed by atoms with Crippen LogP contribution >= 0.6 is 11.6 Å². The normalized spacial score (nSPS) is 24.5. The highest BCUT2D eigenvalue weighted by Gasteiger charge is 2.33. The molecule has 4 heteroatoms. The molecule has 18 heavy (non-hydrogen) atoms. The summed E-state index contributed by atoms with van der Waals surface area (Å²) in [6.45, 7) is 2.35. The molecule has 3 atom stereocenters. The van der Waals surface area contributed by atoms with Crippen molar-refractivity contribution >= 4 is 17.4 Å². The molecular formula is C14H14ClNO2. The number of hydrogen-bond donors (Lipinski definition) is 0. The molecule has 0 radical (unpaired) electrons. The first-order chi connectivity index (χ1) is 8.61. The van der Waals surface area contributed by atoms with Crippen LogP contribution in [0.2, 0.25) is 5.02 Å². The largest absolute Gasteiger partial charge is 0.378 e. The Kier molecular flexibility index (Phi) is 4.00. The Morgan fingerprint density at radius 2 is 2.39 bits per heavy atom. The van der Waals surface area contributed by atoms with Gasteiger partial charge in [-0.1, -0.05) is 23.7 Å². The van der Waals surface area contributed by atoms with Gasteiger partial charge in [-0.2, -0.15) is 5.26 Å². The second-order valence-corrected chi connectivity index (χ2v) is 5.03. The van der Waals surface area contributed by atoms with Crippen molar-refractivity contribution in [2.24, 2.45) is 5.92 Å². The van der Waals surface area contributed by atoms with E-state index in [1.54, 1.807) is 24.3 Å². The monoisotopic (exact) mass is 263 g/mol. The third-order valence-corrected chi connectivity index (χ3v) is 3.43. The number of Topliss-reactive ketones (excluding diaryl/α,β-unsaturated/α-hetero) is 1. The predicted octanol–water partition coefficient (Wildman–Crippen LogP) is 2.94. The molecule has 0 amide bonds. The Hall–Kier alpha value is -1.37. The first-order valence-corrected chi connectivity index (χ1v) is 6.30. The average Bonchev–Trinajstić information content (AvgIpc) is 2.77. The summed E-state index contributed by atoms with van der Waals surface area (Å²) < 4.78 is 5.38. The van der Waals surface area contributed by atoms with Crippen LogP contribution in [0.25, 0.3) is 0 Å². The van der Waals surface area contributed by atoms with E-state index in [0.29, 0.717) is 23.6 Å². The molecule has 3 unspecified atom stereocenters. The molecule has 1 aromatic rings. The van der Waals surface area contributed by atoms with Gasteiger partial charge in [-0.15, -0.1) is 0 Å². The van der Waals surface area contributed by atoms with Crippen LogP contribution in [-0.4, -0.2) is 18.5 Å². The Bertz CT molecular complexity index is 495. The summed E-state index contributed by atoms with van der Waals surface area (Å²) in [6.07, 6.45) is 0.787. The Morgan fingerprint density at radius 1 is 1.61 bits per heavy atom. The van der Waals surface area contributed by atoms with Gasteiger partial charge in [-0.3, -0.25) is 4.79 Å². The first kappa shape index (κ1) is 13.1. The smallest absolute Gasteiger partial charge is 0.159 e. The molecule has 2 rings (SSSR count). The maximum atomic E-state index is 12.3. The molecular weight excluding hydrogens is 250 g/mol. The zero-order chi connectivity index (χ0) is 13.1. The van der Waals surface area contributed by atoms with E-state index in [4.69, 9.17) is 16.3 Å². The number of carbonyl (C=O) groups is 1. The fourth-order valence-corrected chi connectivity index (χ4v) is 2.44. The van der Waals surface area contributed by atoms with E-state index in [-0.39, 0.29) is 17.8 Å². The molecule has 3 nitrogen and oxygen atoms in total. The minimum absolute atomic E-state index is 0.0656. The van der Waals surface area contributed by atoms with Crippen molar-refractivity contribution in [3.63, 3.8) is 0 Å². The van der Waals surface area contributed by atoms with Gasteiger partial charge in [0, 0.05) is 10.9 Å². The third kappa shape index (κ3) is 2.72. The number of nitriles is 1. The summed E-state index contributed by atoms with van der Waals surface area (Å²) in [7, 11) is 0. The molecule has 1 fully saturated rings. The zero-order valence-electron chi connectivity index (χ0n) is 10.1. The van der Waals surface area contributed by atoms with Crippen molar-refractivity contribution in [3.8, 4) is 6.07 Å². The van der Waals surface area contributed by atoms with Crippen molar-refractivity contribution in [3.05, 3.63) is 34.9 Å². The molecule has 1 saturated heterocycles. The van der Waals surface area contributed by atoms with Gasteiger partial charge in [0.15, 0.2) is 5.78 Å². The molecule has 1 aliphatic rings. The molecule has 1 aromatic carbocycles. The van der Waals surface area contributed by atoms with Gasteiger partial charge in [-0.05, 0) is 31.0 Å². The molecule has 0 N–H and O–H groups in total. The molecule has 0 bridgehead atoms. The van der Waals surface area contributed by atoms with Gasteiger partial charge >= 0.3 is 0 Å². The Labute approximate surface area is 111 Å². The van der Waals surface area contributed by atoms with E-state index in [1.807, 2.05) is 6.92 Å². The lowest BCUT2D eigenvalue weighted by Gasteiger charge is -2.12. The van der Waals surface area contributed by atoms with Crippen molar-refractivity contribution in [2.45, 2.75) is 25.4 Å². The number of benzene rings is 1. The number of nitrogens with zero attached hydrogens (tertiary/aromatic N) is 1. The van der Waals surface area contributed by atoms with Gasteiger partial charge in [0.1, 0.15) is 5.92 Å². The second-order valence-electron chi connectivity index (χ2n) is 4.60. The van der Waals surface area contributed by atoms with Crippen molar-refractivity contribution in [1.29, 1.82) is 5.26 Å². The number of ether oxygens (including phenoxy) is 1. The van der Waals surface area contributed by atoms with Gasteiger partial charge in [0.25, 0.3) is 0 Å². The van der Waals surface area contributed by atoms with Gasteiger partial charge < -0.3 is 4.74 Å². The molecule has 0 spiro atoms. The first-order valence-electron chi connectivity index (χ1n) is 5.92. The fraction of sp³-hybridized carbons (Fsp3) is 0.429. The van der Waals surface area contributed by atoms with Crippen LogP contribution in [0.15, 0.2) is 24.3 Å². The highest BCUT2D eigenvalue weighted by atomic mass is 35.5. The SMILES string of the molecule is CC1CC(C(=O)C(C#N)c2cccc(Cl)c2)CO1. The van der Waals surface area contributed by atoms with Crippen LogP contribution in [0.1, 0.15) is 24.8 Å². The molecule has 94 valence electrons. The molecule has 0 saturated carbocycles. The lowest BCUT2D eigenvalue weighted by atomic mass is 9.87. The topological polar surface area (TPSA) is 50.1 Å². The second kappa shape index (κ2) is 5.51. The Balaban J connectivity index is 2.19. The number of carbonyl (C=O) groups excluding carboxylic acids is 1. The van der Waals surface area contributed by atoms with E-state index in [9.17, 15) is 10.1 Å². The zero-order valence-corrected chi connectivity index (χ0v) is 10.9. The highest BCUT2D eigenvalue weighted by Crippen LogP contribution is 2.28. The van der Waals surface area contributed by atoms with E-state index in [1.165, 1.54) is 0 Å². The van der Waals surface area contributed by atoms with Crippen LogP contribution in [0.4, 0.5) is 0 Å². The summed E-state index contributed by atoms with van der Waals surface area (Å²) in [5.74, 6) is -0.990. The van der Waals surface area contributed by atoms with Gasteiger partial charge in [-0.25, -0.2) is 0 Å². The van der Waals surface area contributed by atoms with E-state index < -0.39 is 5.92 Å². The van der Waals surface area contributed by atoms with Crippen LogP contribution in [0.3, 0.4) is 0 Å². The Morgan fingerprint density at radius 3 is 2.94 bits per heavy atom. The molecule has 1 heterocycles. The number of hydrogen-bond acceptors (Lipinski definition) is 3. The standard InChI is InChI=1S/C14H14ClNO2/c1-9-5-11(8-18-9)14(17)13(7-16)10-3-2-4-12(15)6-10/h2-4,6,9,11,13H,5,8H2,1H3. The minimum Gasteiger partial charge on any atom is -0.378 e. The summed E-state index contributed by atoms with van der Waals surface area (Å²) in [5.41, 5.74) is 0.662. The van der Waals surface area contributed by atoms with E-state index in [0.717, 1.165) is 0 Å². The fourth-order valence-electron chi connectivity index (χ4n) is 2.24. The van der Waals surface area contributed by atoms with Crippen LogP contribution in [0, 0.1) is 17.2 Å². The van der Waals surface area contributed by atoms with E-state index >= 15 is 0 Å². The van der Waals surface area contributed by atoms with E-state index in [2.05, 4.69) is 6.07 Å². The maximum absolute atomic E-state index is 12.3. The number of rotatable bonds is 3.